The van der Waals surface area contributed by atoms with Crippen LogP contribution in [0.2, 0.25) is 0 Å². The average Bonchev–Trinajstić information content (AvgIpc) is 2.71. The Bertz CT molecular complexity index is 806. The number of nitrogens with zero attached hydrogens (tertiary/aromatic N) is 2. The number of amides is 1. The van der Waals surface area contributed by atoms with E-state index in [2.05, 4.69) is 16.3 Å². The van der Waals surface area contributed by atoms with Gasteiger partial charge in [-0.2, -0.15) is 5.26 Å². The summed E-state index contributed by atoms with van der Waals surface area (Å²) in [5, 5.41) is 12.7. The van der Waals surface area contributed by atoms with Gasteiger partial charge in [0.15, 0.2) is 0 Å². The minimum atomic E-state index is -0.449. The lowest BCUT2D eigenvalue weighted by molar-refractivity contribution is -0.117. The summed E-state index contributed by atoms with van der Waals surface area (Å²) in [5.74, 6) is 0.617. The number of carbonyl (C=O) groups excluding carboxylic acids is 1. The topological polar surface area (TPSA) is 65.4 Å². The second-order valence-corrected chi connectivity index (χ2v) is 6.81. The number of rotatable bonds is 6. The van der Waals surface area contributed by atoms with E-state index in [0.717, 1.165) is 31.5 Å². The van der Waals surface area contributed by atoms with E-state index in [1.54, 1.807) is 0 Å². The number of benzene rings is 2. The van der Waals surface area contributed by atoms with E-state index < -0.39 is 5.41 Å². The third-order valence-corrected chi connectivity index (χ3v) is 5.08. The molecule has 0 radical (unpaired) electrons. The van der Waals surface area contributed by atoms with Gasteiger partial charge in [0.25, 0.3) is 0 Å². The molecule has 0 spiro atoms. The molecule has 1 saturated heterocycles. The summed E-state index contributed by atoms with van der Waals surface area (Å²) < 4.78 is 5.55. The number of carbonyl (C=O) groups is 1. The number of piperidine rings is 1. The first-order chi connectivity index (χ1) is 13.2. The van der Waals surface area contributed by atoms with Crippen molar-refractivity contribution in [3.05, 3.63) is 60.2 Å². The second-order valence-electron chi connectivity index (χ2n) is 6.81. The van der Waals surface area contributed by atoms with Gasteiger partial charge in [0.1, 0.15) is 5.75 Å². The number of hydrogen-bond donors (Lipinski definition) is 1. The van der Waals surface area contributed by atoms with E-state index in [1.807, 2.05) is 61.5 Å². The minimum Gasteiger partial charge on any atom is -0.492 e. The zero-order valence-corrected chi connectivity index (χ0v) is 15.6. The van der Waals surface area contributed by atoms with Crippen LogP contribution in [0, 0.1) is 11.3 Å². The van der Waals surface area contributed by atoms with E-state index in [-0.39, 0.29) is 5.91 Å². The Hall–Kier alpha value is -2.84. The highest BCUT2D eigenvalue weighted by Gasteiger charge is 2.36. The molecule has 1 aliphatic heterocycles. The standard InChI is InChI=1S/C22H25N3O2/c1-2-27-20-11-7-6-10-19(20)24-21(26)16-25-14-12-22(17-23,13-15-25)18-8-4-3-5-9-18/h3-11H,2,12-16H2,1H3,(H,24,26). The molecule has 2 aromatic carbocycles. The SMILES string of the molecule is CCOc1ccccc1NC(=O)CN1CCC(C#N)(c2ccccc2)CC1. The Morgan fingerprint density at radius 2 is 1.81 bits per heavy atom. The lowest BCUT2D eigenvalue weighted by atomic mass is 9.74. The molecular weight excluding hydrogens is 338 g/mol. The fraction of sp³-hybridized carbons (Fsp3) is 0.364. The second kappa shape index (κ2) is 8.70. The van der Waals surface area contributed by atoms with Crippen LogP contribution in [0.15, 0.2) is 54.6 Å². The van der Waals surface area contributed by atoms with Crippen molar-refractivity contribution in [1.82, 2.24) is 4.90 Å². The summed E-state index contributed by atoms with van der Waals surface area (Å²) in [6.45, 7) is 4.23. The zero-order chi connectivity index (χ0) is 19.1. The summed E-state index contributed by atoms with van der Waals surface area (Å²) in [4.78, 5) is 14.6. The molecule has 0 bridgehead atoms. The van der Waals surface area contributed by atoms with Gasteiger partial charge in [0.2, 0.25) is 5.91 Å². The molecule has 1 aliphatic rings. The van der Waals surface area contributed by atoms with Crippen molar-refractivity contribution in [2.45, 2.75) is 25.2 Å². The largest absolute Gasteiger partial charge is 0.492 e. The summed E-state index contributed by atoms with van der Waals surface area (Å²) in [7, 11) is 0. The van der Waals surface area contributed by atoms with Crippen LogP contribution in [0.1, 0.15) is 25.3 Å². The monoisotopic (exact) mass is 363 g/mol. The van der Waals surface area contributed by atoms with E-state index in [0.29, 0.717) is 24.6 Å². The van der Waals surface area contributed by atoms with Crippen LogP contribution in [0.3, 0.4) is 0 Å². The summed E-state index contributed by atoms with van der Waals surface area (Å²) in [5.41, 5.74) is 1.31. The summed E-state index contributed by atoms with van der Waals surface area (Å²) in [6, 6.07) is 19.9. The van der Waals surface area contributed by atoms with Gasteiger partial charge >= 0.3 is 0 Å². The smallest absolute Gasteiger partial charge is 0.238 e. The van der Waals surface area contributed by atoms with Crippen molar-refractivity contribution < 1.29 is 9.53 Å². The van der Waals surface area contributed by atoms with Gasteiger partial charge in [-0.25, -0.2) is 0 Å². The van der Waals surface area contributed by atoms with Crippen LogP contribution in [0.5, 0.6) is 5.75 Å². The van der Waals surface area contributed by atoms with Crippen LogP contribution in [0.4, 0.5) is 5.69 Å². The quantitative estimate of drug-likeness (QED) is 0.852. The maximum Gasteiger partial charge on any atom is 0.238 e. The number of likely N-dealkylation sites (tertiary alicyclic amines) is 1. The Balaban J connectivity index is 1.58. The molecule has 5 nitrogen and oxygen atoms in total. The molecule has 5 heteroatoms. The van der Waals surface area contributed by atoms with Gasteiger partial charge in [0, 0.05) is 13.1 Å². The molecule has 3 rings (SSSR count). The molecular formula is C22H25N3O2. The van der Waals surface area contributed by atoms with E-state index in [4.69, 9.17) is 4.74 Å². The molecule has 0 atom stereocenters. The molecule has 0 aliphatic carbocycles. The highest BCUT2D eigenvalue weighted by molar-refractivity contribution is 5.93. The molecule has 0 saturated carbocycles. The number of nitrogens with one attached hydrogen (secondary N) is 1. The van der Waals surface area contributed by atoms with Gasteiger partial charge < -0.3 is 10.1 Å². The molecule has 1 heterocycles. The number of nitriles is 1. The summed E-state index contributed by atoms with van der Waals surface area (Å²) in [6.07, 6.45) is 1.46. The number of anilines is 1. The van der Waals surface area contributed by atoms with Crippen LogP contribution in [-0.2, 0) is 10.2 Å². The van der Waals surface area contributed by atoms with E-state index in [9.17, 15) is 10.1 Å². The zero-order valence-electron chi connectivity index (χ0n) is 15.6. The number of ether oxygens (including phenoxy) is 1. The first kappa shape index (κ1) is 18.9. The summed E-state index contributed by atoms with van der Waals surface area (Å²) >= 11 is 0. The Morgan fingerprint density at radius 3 is 2.48 bits per heavy atom. The first-order valence-corrected chi connectivity index (χ1v) is 9.38. The number of para-hydroxylation sites is 2. The maximum atomic E-state index is 12.5. The van der Waals surface area contributed by atoms with Crippen molar-refractivity contribution >= 4 is 11.6 Å². The van der Waals surface area contributed by atoms with E-state index >= 15 is 0 Å². The lowest BCUT2D eigenvalue weighted by Crippen LogP contribution is -2.44. The molecule has 1 amide bonds. The van der Waals surface area contributed by atoms with Gasteiger partial charge in [-0.15, -0.1) is 0 Å². The van der Waals surface area contributed by atoms with Crippen molar-refractivity contribution in [3.8, 4) is 11.8 Å². The van der Waals surface area contributed by atoms with Crippen LogP contribution in [-0.4, -0.2) is 37.0 Å². The average molecular weight is 363 g/mol. The molecule has 27 heavy (non-hydrogen) atoms. The highest BCUT2D eigenvalue weighted by Crippen LogP contribution is 2.34. The predicted molar refractivity (Wildman–Crippen MR) is 106 cm³/mol. The van der Waals surface area contributed by atoms with Crippen LogP contribution < -0.4 is 10.1 Å². The Kier molecular flexibility index (Phi) is 6.10. The van der Waals surface area contributed by atoms with Gasteiger partial charge in [-0.1, -0.05) is 42.5 Å². The normalized spacial score (nSPS) is 16.3. The van der Waals surface area contributed by atoms with Gasteiger partial charge in [-0.05, 0) is 37.5 Å². The molecule has 0 aromatic heterocycles. The molecule has 140 valence electrons. The van der Waals surface area contributed by atoms with Crippen LogP contribution in [0.25, 0.3) is 0 Å². The first-order valence-electron chi connectivity index (χ1n) is 9.38. The van der Waals surface area contributed by atoms with Gasteiger partial charge in [-0.3, -0.25) is 9.69 Å². The van der Waals surface area contributed by atoms with E-state index in [1.165, 1.54) is 0 Å². The van der Waals surface area contributed by atoms with Crippen molar-refractivity contribution in [1.29, 1.82) is 5.26 Å². The molecule has 1 N–H and O–H groups in total. The lowest BCUT2D eigenvalue weighted by Gasteiger charge is -2.37. The Morgan fingerprint density at radius 1 is 1.15 bits per heavy atom. The third-order valence-electron chi connectivity index (χ3n) is 5.08. The maximum absolute atomic E-state index is 12.5. The Labute approximate surface area is 160 Å². The van der Waals surface area contributed by atoms with Crippen molar-refractivity contribution in [2.24, 2.45) is 0 Å². The third kappa shape index (κ3) is 4.47. The molecule has 0 unspecified atom stereocenters. The van der Waals surface area contributed by atoms with Crippen LogP contribution >= 0.6 is 0 Å². The van der Waals surface area contributed by atoms with Crippen molar-refractivity contribution in [2.75, 3.05) is 31.6 Å². The molecule has 1 fully saturated rings. The fourth-order valence-electron chi connectivity index (χ4n) is 3.56. The van der Waals surface area contributed by atoms with Crippen molar-refractivity contribution in [3.63, 3.8) is 0 Å². The fourth-order valence-corrected chi connectivity index (χ4v) is 3.56. The number of hydrogen-bond acceptors (Lipinski definition) is 4. The highest BCUT2D eigenvalue weighted by atomic mass is 16.5. The van der Waals surface area contributed by atoms with Gasteiger partial charge in [0.05, 0.1) is 30.3 Å². The predicted octanol–water partition coefficient (Wildman–Crippen LogP) is 3.58. The molecule has 2 aromatic rings. The minimum absolute atomic E-state index is 0.0636.